The Hall–Kier alpha value is -0.610. The average molecular weight is 241 g/mol. The van der Waals surface area contributed by atoms with Crippen molar-refractivity contribution in [1.29, 1.82) is 0 Å². The topological polar surface area (TPSA) is 35.6 Å². The van der Waals surface area contributed by atoms with Crippen LogP contribution in [-0.2, 0) is 4.79 Å². The Balaban J connectivity index is 2.19. The van der Waals surface area contributed by atoms with Crippen LogP contribution in [0.3, 0.4) is 0 Å². The second-order valence-electron chi connectivity index (χ2n) is 5.19. The molecule has 1 aliphatic rings. The molecular formula is C13H27N3O. The molecule has 0 aromatic rings. The van der Waals surface area contributed by atoms with E-state index in [0.29, 0.717) is 12.3 Å². The zero-order valence-corrected chi connectivity index (χ0v) is 11.5. The average Bonchev–Trinajstić information content (AvgIpc) is 2.29. The third-order valence-corrected chi connectivity index (χ3v) is 3.36. The fourth-order valence-corrected chi connectivity index (χ4v) is 2.41. The molecule has 0 saturated carbocycles. The first-order valence-electron chi connectivity index (χ1n) is 6.76. The molecule has 1 N–H and O–H groups in total. The van der Waals surface area contributed by atoms with Gasteiger partial charge in [-0.3, -0.25) is 4.79 Å². The summed E-state index contributed by atoms with van der Waals surface area (Å²) in [5.41, 5.74) is 0. The van der Waals surface area contributed by atoms with Crippen LogP contribution in [0.1, 0.15) is 26.2 Å². The first-order chi connectivity index (χ1) is 8.13. The van der Waals surface area contributed by atoms with Crippen LogP contribution >= 0.6 is 0 Å². The monoisotopic (exact) mass is 241 g/mol. The van der Waals surface area contributed by atoms with Crippen molar-refractivity contribution in [3.05, 3.63) is 0 Å². The maximum absolute atomic E-state index is 11.9. The summed E-state index contributed by atoms with van der Waals surface area (Å²) in [5, 5.41) is 3.20. The van der Waals surface area contributed by atoms with E-state index in [1.54, 1.807) is 0 Å². The lowest BCUT2D eigenvalue weighted by Gasteiger charge is -2.33. The Kier molecular flexibility index (Phi) is 6.52. The molecule has 1 amide bonds. The van der Waals surface area contributed by atoms with Gasteiger partial charge < -0.3 is 15.1 Å². The minimum Gasteiger partial charge on any atom is -0.343 e. The minimum absolute atomic E-state index is 0.314. The maximum atomic E-state index is 11.9. The van der Waals surface area contributed by atoms with Crippen LogP contribution in [0.2, 0.25) is 0 Å². The number of likely N-dealkylation sites (tertiary alicyclic amines) is 1. The summed E-state index contributed by atoms with van der Waals surface area (Å²) in [6, 6.07) is 0. The van der Waals surface area contributed by atoms with E-state index in [0.717, 1.165) is 51.5 Å². The predicted octanol–water partition coefficient (Wildman–Crippen LogP) is 0.786. The highest BCUT2D eigenvalue weighted by atomic mass is 16.2. The number of rotatable bonds is 6. The van der Waals surface area contributed by atoms with Crippen molar-refractivity contribution in [2.75, 3.05) is 46.8 Å². The van der Waals surface area contributed by atoms with Gasteiger partial charge in [0.25, 0.3) is 0 Å². The molecule has 1 aliphatic heterocycles. The van der Waals surface area contributed by atoms with Gasteiger partial charge in [0.05, 0.1) is 0 Å². The van der Waals surface area contributed by atoms with Crippen LogP contribution in [0.5, 0.6) is 0 Å². The zero-order chi connectivity index (χ0) is 12.7. The Morgan fingerprint density at radius 3 is 2.53 bits per heavy atom. The molecule has 17 heavy (non-hydrogen) atoms. The smallest absolute Gasteiger partial charge is 0.223 e. The summed E-state index contributed by atoms with van der Waals surface area (Å²) in [6.45, 7) is 6.87. The van der Waals surface area contributed by atoms with Gasteiger partial charge in [0.1, 0.15) is 0 Å². The molecule has 1 saturated heterocycles. The predicted molar refractivity (Wildman–Crippen MR) is 71.0 cm³/mol. The molecule has 0 aromatic carbocycles. The first-order valence-corrected chi connectivity index (χ1v) is 6.76. The maximum Gasteiger partial charge on any atom is 0.223 e. The number of carbonyl (C=O) groups excluding carboxylic acids is 1. The zero-order valence-electron chi connectivity index (χ0n) is 11.5. The molecule has 0 aliphatic carbocycles. The number of hydrogen-bond donors (Lipinski definition) is 1. The van der Waals surface area contributed by atoms with Gasteiger partial charge in [-0.05, 0) is 39.4 Å². The summed E-state index contributed by atoms with van der Waals surface area (Å²) in [4.78, 5) is 16.2. The molecule has 4 nitrogen and oxygen atoms in total. The molecule has 1 rings (SSSR count). The summed E-state index contributed by atoms with van der Waals surface area (Å²) in [7, 11) is 4.24. The SMILES string of the molecule is CCNCCC(=O)N1CCC(CN(C)C)CC1. The van der Waals surface area contributed by atoms with Crippen molar-refractivity contribution in [2.45, 2.75) is 26.2 Å². The number of hydrogen-bond acceptors (Lipinski definition) is 3. The van der Waals surface area contributed by atoms with Gasteiger partial charge in [0.15, 0.2) is 0 Å². The van der Waals surface area contributed by atoms with Crippen LogP contribution in [0.4, 0.5) is 0 Å². The fraction of sp³-hybridized carbons (Fsp3) is 0.923. The fourth-order valence-electron chi connectivity index (χ4n) is 2.41. The summed E-state index contributed by atoms with van der Waals surface area (Å²) in [6.07, 6.45) is 2.96. The van der Waals surface area contributed by atoms with Crippen molar-refractivity contribution >= 4 is 5.91 Å². The van der Waals surface area contributed by atoms with Crippen molar-refractivity contribution in [3.63, 3.8) is 0 Å². The van der Waals surface area contributed by atoms with Crippen LogP contribution in [-0.4, -0.2) is 62.5 Å². The quantitative estimate of drug-likeness (QED) is 0.698. The molecule has 4 heteroatoms. The van der Waals surface area contributed by atoms with Gasteiger partial charge in [-0.25, -0.2) is 0 Å². The molecule has 100 valence electrons. The molecular weight excluding hydrogens is 214 g/mol. The summed E-state index contributed by atoms with van der Waals surface area (Å²) in [5.74, 6) is 1.08. The van der Waals surface area contributed by atoms with E-state index < -0.39 is 0 Å². The minimum atomic E-state index is 0.314. The lowest BCUT2D eigenvalue weighted by molar-refractivity contribution is -0.132. The van der Waals surface area contributed by atoms with Crippen LogP contribution < -0.4 is 5.32 Å². The highest BCUT2D eigenvalue weighted by Gasteiger charge is 2.22. The highest BCUT2D eigenvalue weighted by molar-refractivity contribution is 5.76. The molecule has 1 heterocycles. The van der Waals surface area contributed by atoms with Gasteiger partial charge in [-0.15, -0.1) is 0 Å². The van der Waals surface area contributed by atoms with Gasteiger partial charge in [0.2, 0.25) is 5.91 Å². The van der Waals surface area contributed by atoms with Crippen molar-refractivity contribution in [1.82, 2.24) is 15.1 Å². The van der Waals surface area contributed by atoms with E-state index in [1.807, 2.05) is 4.90 Å². The van der Waals surface area contributed by atoms with Crippen molar-refractivity contribution in [2.24, 2.45) is 5.92 Å². The van der Waals surface area contributed by atoms with E-state index >= 15 is 0 Å². The van der Waals surface area contributed by atoms with E-state index in [-0.39, 0.29) is 0 Å². The third-order valence-electron chi connectivity index (χ3n) is 3.36. The van der Waals surface area contributed by atoms with Crippen LogP contribution in [0.15, 0.2) is 0 Å². The molecule has 0 radical (unpaired) electrons. The van der Waals surface area contributed by atoms with Gasteiger partial charge >= 0.3 is 0 Å². The van der Waals surface area contributed by atoms with Crippen LogP contribution in [0.25, 0.3) is 0 Å². The Labute approximate surface area is 105 Å². The second-order valence-corrected chi connectivity index (χ2v) is 5.19. The number of carbonyl (C=O) groups is 1. The third kappa shape index (κ3) is 5.50. The molecule has 1 fully saturated rings. The molecule has 0 atom stereocenters. The Bertz CT molecular complexity index is 223. The van der Waals surface area contributed by atoms with Gasteiger partial charge in [-0.2, -0.15) is 0 Å². The molecule has 0 aromatic heterocycles. The largest absolute Gasteiger partial charge is 0.343 e. The lowest BCUT2D eigenvalue weighted by atomic mass is 9.96. The number of nitrogens with one attached hydrogen (secondary N) is 1. The Morgan fingerprint density at radius 2 is 2.00 bits per heavy atom. The van der Waals surface area contributed by atoms with Crippen LogP contribution in [0, 0.1) is 5.92 Å². The van der Waals surface area contributed by atoms with E-state index in [1.165, 1.54) is 0 Å². The van der Waals surface area contributed by atoms with E-state index in [4.69, 9.17) is 0 Å². The lowest BCUT2D eigenvalue weighted by Crippen LogP contribution is -2.41. The standard InChI is InChI=1S/C13H27N3O/c1-4-14-8-5-13(17)16-9-6-12(7-10-16)11-15(2)3/h12,14H,4-11H2,1-3H3. The van der Waals surface area contributed by atoms with Crippen molar-refractivity contribution in [3.8, 4) is 0 Å². The Morgan fingerprint density at radius 1 is 1.35 bits per heavy atom. The first kappa shape index (κ1) is 14.5. The number of amides is 1. The van der Waals surface area contributed by atoms with Crippen molar-refractivity contribution < 1.29 is 4.79 Å². The molecule has 0 unspecified atom stereocenters. The highest BCUT2D eigenvalue weighted by Crippen LogP contribution is 2.18. The van der Waals surface area contributed by atoms with Gasteiger partial charge in [0, 0.05) is 32.6 Å². The molecule has 0 spiro atoms. The van der Waals surface area contributed by atoms with E-state index in [2.05, 4.69) is 31.2 Å². The summed E-state index contributed by atoms with van der Waals surface area (Å²) < 4.78 is 0. The second kappa shape index (κ2) is 7.67. The number of piperidine rings is 1. The van der Waals surface area contributed by atoms with Gasteiger partial charge in [-0.1, -0.05) is 6.92 Å². The van der Waals surface area contributed by atoms with E-state index in [9.17, 15) is 4.79 Å². The summed E-state index contributed by atoms with van der Waals surface area (Å²) >= 11 is 0. The molecule has 0 bridgehead atoms. The normalized spacial score (nSPS) is 17.8. The number of nitrogens with zero attached hydrogens (tertiary/aromatic N) is 2.